The highest BCUT2D eigenvalue weighted by Gasteiger charge is 2.22. The van der Waals surface area contributed by atoms with Gasteiger partial charge < -0.3 is 14.4 Å². The topological polar surface area (TPSA) is 55.8 Å². The van der Waals surface area contributed by atoms with Crippen molar-refractivity contribution in [1.82, 2.24) is 4.90 Å². The number of nitrogens with zero attached hydrogens (tertiary/aromatic N) is 1. The predicted molar refractivity (Wildman–Crippen MR) is 171 cm³/mol. The maximum atomic E-state index is 13.2. The van der Waals surface area contributed by atoms with Crippen LogP contribution in [-0.2, 0) is 19.1 Å². The fraction of sp³-hybridized carbons (Fsp3) is 0.943. The summed E-state index contributed by atoms with van der Waals surface area (Å²) in [4.78, 5) is 27.9. The molecule has 0 aromatic rings. The molecule has 238 valence electrons. The molecule has 0 aromatic carbocycles. The number of ether oxygens (including phenoxy) is 2. The van der Waals surface area contributed by atoms with Crippen LogP contribution in [0.1, 0.15) is 175 Å². The molecule has 0 saturated heterocycles. The van der Waals surface area contributed by atoms with Crippen LogP contribution in [0.2, 0.25) is 0 Å². The van der Waals surface area contributed by atoms with Gasteiger partial charge in [-0.15, -0.1) is 0 Å². The van der Waals surface area contributed by atoms with Crippen molar-refractivity contribution in [2.24, 2.45) is 5.92 Å². The number of unbranched alkanes of at least 4 members (excludes halogenated alkanes) is 16. The van der Waals surface area contributed by atoms with Crippen molar-refractivity contribution in [1.29, 1.82) is 0 Å². The molecule has 0 aliphatic carbocycles. The van der Waals surface area contributed by atoms with Crippen LogP contribution in [0.4, 0.5) is 0 Å². The predicted octanol–water partition coefficient (Wildman–Crippen LogP) is 10.0. The van der Waals surface area contributed by atoms with Gasteiger partial charge >= 0.3 is 11.9 Å². The van der Waals surface area contributed by atoms with Crippen LogP contribution < -0.4 is 0 Å². The molecule has 0 aromatic heterocycles. The van der Waals surface area contributed by atoms with Crippen LogP contribution in [0.25, 0.3) is 0 Å². The first kappa shape index (κ1) is 38.9. The van der Waals surface area contributed by atoms with Gasteiger partial charge in [-0.2, -0.15) is 0 Å². The smallest absolute Gasteiger partial charge is 0.309 e. The van der Waals surface area contributed by atoms with Gasteiger partial charge in [-0.05, 0) is 59.2 Å². The van der Waals surface area contributed by atoms with E-state index in [0.717, 1.165) is 64.3 Å². The monoisotopic (exact) mass is 568 g/mol. The summed E-state index contributed by atoms with van der Waals surface area (Å²) >= 11 is 0. The quantitative estimate of drug-likeness (QED) is 0.0638. The van der Waals surface area contributed by atoms with Gasteiger partial charge in [0.1, 0.15) is 12.7 Å². The highest BCUT2D eigenvalue weighted by molar-refractivity contribution is 5.72. The molecule has 0 amide bonds. The summed E-state index contributed by atoms with van der Waals surface area (Å²) in [6.07, 6.45) is 26.6. The molecular formula is C35H69NO4. The van der Waals surface area contributed by atoms with E-state index in [1.54, 1.807) is 0 Å². The third-order valence-electron chi connectivity index (χ3n) is 7.97. The Balaban J connectivity index is 4.83. The van der Waals surface area contributed by atoms with E-state index in [-0.39, 0.29) is 30.6 Å². The fourth-order valence-electron chi connectivity index (χ4n) is 5.29. The summed E-state index contributed by atoms with van der Waals surface area (Å²) < 4.78 is 11.7. The van der Waals surface area contributed by atoms with Crippen LogP contribution in [0.3, 0.4) is 0 Å². The first-order valence-electron chi connectivity index (χ1n) is 17.4. The third kappa shape index (κ3) is 25.8. The van der Waals surface area contributed by atoms with Crippen molar-refractivity contribution < 1.29 is 19.1 Å². The normalized spacial score (nSPS) is 12.3. The van der Waals surface area contributed by atoms with E-state index in [2.05, 4.69) is 39.8 Å². The van der Waals surface area contributed by atoms with Crippen LogP contribution in [0.5, 0.6) is 0 Å². The second-order valence-electron chi connectivity index (χ2n) is 12.4. The number of hydrogen-bond donors (Lipinski definition) is 0. The Labute approximate surface area is 249 Å². The van der Waals surface area contributed by atoms with Crippen molar-refractivity contribution in [3.05, 3.63) is 0 Å². The molecule has 0 N–H and O–H groups in total. The van der Waals surface area contributed by atoms with Gasteiger partial charge in [-0.1, -0.05) is 130 Å². The molecule has 0 spiro atoms. The van der Waals surface area contributed by atoms with Crippen molar-refractivity contribution >= 4 is 11.9 Å². The fourth-order valence-corrected chi connectivity index (χ4v) is 5.29. The largest absolute Gasteiger partial charge is 0.462 e. The zero-order valence-electron chi connectivity index (χ0n) is 27.6. The molecule has 0 saturated carbocycles. The lowest BCUT2D eigenvalue weighted by molar-refractivity contribution is -0.162. The molecule has 1 atom stereocenters. The summed E-state index contributed by atoms with van der Waals surface area (Å²) in [6.45, 7) is 7.91. The minimum absolute atomic E-state index is 0.0196. The summed E-state index contributed by atoms with van der Waals surface area (Å²) in [7, 11) is 4.10. The SMILES string of the molecule is CCCCCCCCC(COC(=O)C(CCCCCCCC)CCCCCCCC)OC(=O)CCCCN(C)C. The first-order valence-corrected chi connectivity index (χ1v) is 17.4. The van der Waals surface area contributed by atoms with Gasteiger partial charge in [0.15, 0.2) is 0 Å². The molecule has 5 nitrogen and oxygen atoms in total. The average molecular weight is 568 g/mol. The average Bonchev–Trinajstić information content (AvgIpc) is 2.93. The second kappa shape index (κ2) is 29.4. The summed E-state index contributed by atoms with van der Waals surface area (Å²) in [5, 5.41) is 0. The zero-order chi connectivity index (χ0) is 29.7. The second-order valence-corrected chi connectivity index (χ2v) is 12.4. The molecule has 0 rings (SSSR count). The zero-order valence-corrected chi connectivity index (χ0v) is 27.6. The Bertz CT molecular complexity index is 550. The number of carbonyl (C=O) groups excluding carboxylic acids is 2. The van der Waals surface area contributed by atoms with Crippen LogP contribution in [-0.4, -0.2) is 50.2 Å². The number of esters is 2. The maximum Gasteiger partial charge on any atom is 0.309 e. The molecule has 0 fully saturated rings. The molecule has 5 heteroatoms. The van der Waals surface area contributed by atoms with E-state index in [1.165, 1.54) is 89.9 Å². The minimum atomic E-state index is -0.319. The van der Waals surface area contributed by atoms with Crippen LogP contribution in [0, 0.1) is 5.92 Å². The molecule has 0 heterocycles. The van der Waals surface area contributed by atoms with Gasteiger partial charge in [0.05, 0.1) is 5.92 Å². The Morgan fingerprint density at radius 1 is 0.575 bits per heavy atom. The van der Waals surface area contributed by atoms with Gasteiger partial charge in [0, 0.05) is 6.42 Å². The molecule has 0 radical (unpaired) electrons. The lowest BCUT2D eigenvalue weighted by Gasteiger charge is -2.21. The minimum Gasteiger partial charge on any atom is -0.462 e. The van der Waals surface area contributed by atoms with E-state index >= 15 is 0 Å². The lowest BCUT2D eigenvalue weighted by atomic mass is 9.94. The molecular weight excluding hydrogens is 498 g/mol. The van der Waals surface area contributed by atoms with Crippen molar-refractivity contribution in [2.75, 3.05) is 27.2 Å². The van der Waals surface area contributed by atoms with E-state index in [1.807, 2.05) is 0 Å². The Hall–Kier alpha value is -1.10. The highest BCUT2D eigenvalue weighted by atomic mass is 16.6. The Kier molecular flexibility index (Phi) is 28.6. The van der Waals surface area contributed by atoms with Crippen molar-refractivity contribution in [2.45, 2.75) is 181 Å². The molecule has 0 bridgehead atoms. The third-order valence-corrected chi connectivity index (χ3v) is 7.97. The van der Waals surface area contributed by atoms with Crippen molar-refractivity contribution in [3.8, 4) is 0 Å². The van der Waals surface area contributed by atoms with Crippen LogP contribution in [0.15, 0.2) is 0 Å². The summed E-state index contributed by atoms with van der Waals surface area (Å²) in [5.41, 5.74) is 0. The Morgan fingerprint density at radius 3 is 1.50 bits per heavy atom. The molecule has 0 aliphatic rings. The number of hydrogen-bond acceptors (Lipinski definition) is 5. The molecule has 1 unspecified atom stereocenters. The highest BCUT2D eigenvalue weighted by Crippen LogP contribution is 2.22. The van der Waals surface area contributed by atoms with Gasteiger partial charge in [-0.25, -0.2) is 0 Å². The van der Waals surface area contributed by atoms with E-state index < -0.39 is 0 Å². The number of carbonyl (C=O) groups is 2. The van der Waals surface area contributed by atoms with Gasteiger partial charge in [0.2, 0.25) is 0 Å². The molecule has 0 aliphatic heterocycles. The van der Waals surface area contributed by atoms with Crippen molar-refractivity contribution in [3.63, 3.8) is 0 Å². The number of rotatable bonds is 30. The maximum absolute atomic E-state index is 13.2. The summed E-state index contributed by atoms with van der Waals surface area (Å²) in [6, 6.07) is 0. The van der Waals surface area contributed by atoms with Gasteiger partial charge in [-0.3, -0.25) is 9.59 Å². The van der Waals surface area contributed by atoms with E-state index in [9.17, 15) is 9.59 Å². The van der Waals surface area contributed by atoms with E-state index in [0.29, 0.717) is 6.42 Å². The lowest BCUT2D eigenvalue weighted by Crippen LogP contribution is -2.28. The Morgan fingerprint density at radius 2 is 1.02 bits per heavy atom. The molecule has 40 heavy (non-hydrogen) atoms. The first-order chi connectivity index (χ1) is 19.4. The van der Waals surface area contributed by atoms with Gasteiger partial charge in [0.25, 0.3) is 0 Å². The summed E-state index contributed by atoms with van der Waals surface area (Å²) in [5.74, 6) is -0.243. The van der Waals surface area contributed by atoms with E-state index in [4.69, 9.17) is 9.47 Å². The van der Waals surface area contributed by atoms with Crippen LogP contribution >= 0.6 is 0 Å². The standard InChI is InChI=1S/C35H69NO4/c1-6-9-12-15-18-21-26-32(27-22-19-16-13-10-7-2)35(38)39-31-33(28-23-20-17-14-11-8-3)40-34(37)29-24-25-30-36(4)5/h32-33H,6-31H2,1-5H3.